The van der Waals surface area contributed by atoms with Gasteiger partial charge in [-0.05, 0) is 57.0 Å². The van der Waals surface area contributed by atoms with Crippen molar-refractivity contribution in [3.8, 4) is 11.4 Å². The number of thioether (sulfide) groups is 1. The van der Waals surface area contributed by atoms with Crippen LogP contribution < -0.4 is 10.6 Å². The van der Waals surface area contributed by atoms with Crippen molar-refractivity contribution in [2.24, 2.45) is 0 Å². The average molecular weight is 535 g/mol. The zero-order chi connectivity index (χ0) is 27.0. The fraction of sp³-hybridized carbons (Fsp3) is 0.385. The first-order chi connectivity index (χ1) is 18.2. The van der Waals surface area contributed by atoms with E-state index >= 15 is 0 Å². The molecule has 4 aromatic rings. The summed E-state index contributed by atoms with van der Waals surface area (Å²) in [4.78, 5) is 35.5. The van der Waals surface area contributed by atoms with Crippen molar-refractivity contribution in [3.63, 3.8) is 0 Å². The lowest BCUT2D eigenvalue weighted by Crippen LogP contribution is -2.43. The number of amides is 1. The smallest absolute Gasteiger partial charge is 0.236 e. The van der Waals surface area contributed by atoms with Crippen molar-refractivity contribution in [1.82, 2.24) is 34.8 Å². The van der Waals surface area contributed by atoms with Crippen LogP contribution in [0.15, 0.2) is 43.1 Å². The standard InChI is InChI=1S/C26H30N8O3S/c1-13(2)31-25(37)21-19(35)20(36)26(38-21)34-12-30-18-23(29-11-17-8-14(3)5-6-28-17)32-22(33-24(18)34)16-7-15(4)9-27-10-16/h5-10,12-13,19-21,26,35-36H,11H2,1-4H3,(H,31,37)(H,29,32,33)/t19-,20+,21-,26+/m0/s1. The van der Waals surface area contributed by atoms with E-state index in [-0.39, 0.29) is 11.9 Å². The van der Waals surface area contributed by atoms with Gasteiger partial charge in [0.15, 0.2) is 22.8 Å². The summed E-state index contributed by atoms with van der Waals surface area (Å²) < 4.78 is 1.70. The lowest BCUT2D eigenvalue weighted by molar-refractivity contribution is -0.123. The molecule has 0 radical (unpaired) electrons. The number of imidazole rings is 1. The Kier molecular flexibility index (Phi) is 7.28. The summed E-state index contributed by atoms with van der Waals surface area (Å²) in [5.74, 6) is 0.612. The third-order valence-electron chi connectivity index (χ3n) is 6.17. The molecule has 0 saturated carbocycles. The minimum atomic E-state index is -1.24. The molecule has 4 N–H and O–H groups in total. The Morgan fingerprint density at radius 1 is 1.11 bits per heavy atom. The summed E-state index contributed by atoms with van der Waals surface area (Å²) in [5, 5.41) is 26.3. The number of nitrogens with one attached hydrogen (secondary N) is 2. The number of carbonyl (C=O) groups excluding carboxylic acids is 1. The Morgan fingerprint density at radius 3 is 2.66 bits per heavy atom. The summed E-state index contributed by atoms with van der Waals surface area (Å²) in [6.45, 7) is 8.06. The number of nitrogens with zero attached hydrogens (tertiary/aromatic N) is 6. The van der Waals surface area contributed by atoms with E-state index in [1.807, 2.05) is 45.9 Å². The zero-order valence-electron chi connectivity index (χ0n) is 21.5. The molecule has 198 valence electrons. The molecule has 0 aliphatic carbocycles. The van der Waals surface area contributed by atoms with Crippen LogP contribution in [0.1, 0.15) is 36.0 Å². The minimum absolute atomic E-state index is 0.0877. The van der Waals surface area contributed by atoms with E-state index in [9.17, 15) is 15.0 Å². The van der Waals surface area contributed by atoms with Gasteiger partial charge in [0, 0.05) is 30.2 Å². The highest BCUT2D eigenvalue weighted by Crippen LogP contribution is 2.43. The first kappa shape index (κ1) is 26.0. The van der Waals surface area contributed by atoms with Gasteiger partial charge in [-0.2, -0.15) is 0 Å². The number of rotatable bonds is 7. The maximum absolute atomic E-state index is 12.7. The first-order valence-electron chi connectivity index (χ1n) is 12.3. The van der Waals surface area contributed by atoms with Gasteiger partial charge in [0.25, 0.3) is 0 Å². The molecule has 0 bridgehead atoms. The summed E-state index contributed by atoms with van der Waals surface area (Å²) in [6, 6.07) is 5.78. The second-order valence-electron chi connectivity index (χ2n) is 9.74. The van der Waals surface area contributed by atoms with E-state index in [1.54, 1.807) is 29.5 Å². The Bertz CT molecular complexity index is 1480. The van der Waals surface area contributed by atoms with Gasteiger partial charge in [-0.25, -0.2) is 15.0 Å². The number of hydrogen-bond acceptors (Lipinski definition) is 10. The highest BCUT2D eigenvalue weighted by molar-refractivity contribution is 8.01. The molecular formula is C26H30N8O3S. The van der Waals surface area contributed by atoms with Gasteiger partial charge in [-0.15, -0.1) is 11.8 Å². The highest BCUT2D eigenvalue weighted by atomic mass is 32.2. The minimum Gasteiger partial charge on any atom is -0.389 e. The van der Waals surface area contributed by atoms with Crippen molar-refractivity contribution in [1.29, 1.82) is 0 Å². The lowest BCUT2D eigenvalue weighted by atomic mass is 10.1. The Labute approximate surface area is 224 Å². The topological polar surface area (TPSA) is 151 Å². The van der Waals surface area contributed by atoms with Crippen LogP contribution in [0, 0.1) is 13.8 Å². The Balaban J connectivity index is 1.55. The van der Waals surface area contributed by atoms with Crippen LogP contribution in [0.3, 0.4) is 0 Å². The number of aryl methyl sites for hydroxylation is 2. The molecule has 4 aromatic heterocycles. The van der Waals surface area contributed by atoms with Gasteiger partial charge in [-0.3, -0.25) is 19.3 Å². The normalized spacial score (nSPS) is 21.2. The molecule has 4 atom stereocenters. The molecule has 0 spiro atoms. The van der Waals surface area contributed by atoms with Crippen molar-refractivity contribution in [2.45, 2.75) is 63.1 Å². The van der Waals surface area contributed by atoms with Crippen LogP contribution in [0.5, 0.6) is 0 Å². The molecule has 1 saturated heterocycles. The van der Waals surface area contributed by atoms with E-state index in [0.29, 0.717) is 29.4 Å². The molecule has 0 unspecified atom stereocenters. The van der Waals surface area contributed by atoms with E-state index in [1.165, 1.54) is 11.8 Å². The first-order valence-corrected chi connectivity index (χ1v) is 13.3. The number of aliphatic hydroxyl groups excluding tert-OH is 2. The molecule has 0 aromatic carbocycles. The summed E-state index contributed by atoms with van der Waals surface area (Å²) in [7, 11) is 0. The maximum Gasteiger partial charge on any atom is 0.236 e. The lowest BCUT2D eigenvalue weighted by Gasteiger charge is -2.17. The Morgan fingerprint density at radius 2 is 1.92 bits per heavy atom. The van der Waals surface area contributed by atoms with Gasteiger partial charge in [0.1, 0.15) is 22.8 Å². The molecule has 11 nitrogen and oxygen atoms in total. The van der Waals surface area contributed by atoms with Gasteiger partial charge >= 0.3 is 0 Å². The fourth-order valence-electron chi connectivity index (χ4n) is 4.37. The predicted octanol–water partition coefficient (Wildman–Crippen LogP) is 2.37. The van der Waals surface area contributed by atoms with Crippen LogP contribution in [-0.2, 0) is 11.3 Å². The molecule has 38 heavy (non-hydrogen) atoms. The van der Waals surface area contributed by atoms with Crippen LogP contribution in [-0.4, -0.2) is 69.1 Å². The fourth-order valence-corrected chi connectivity index (χ4v) is 5.80. The molecule has 5 heterocycles. The average Bonchev–Trinajstić information content (AvgIpc) is 3.43. The number of aromatic nitrogens is 6. The number of aliphatic hydroxyl groups is 2. The molecule has 1 fully saturated rings. The monoisotopic (exact) mass is 534 g/mol. The SMILES string of the molecule is Cc1cncc(-c2nc(NCc3cc(C)ccn3)c3ncn([C@@H]4S[C@H](C(=O)NC(C)C)[C@@H](O)[C@H]4O)c3n2)c1. The third-order valence-corrected chi connectivity index (χ3v) is 7.74. The summed E-state index contributed by atoms with van der Waals surface area (Å²) in [6.07, 6.45) is 4.32. The van der Waals surface area contributed by atoms with Gasteiger partial charge < -0.3 is 20.8 Å². The maximum atomic E-state index is 12.7. The quantitative estimate of drug-likeness (QED) is 0.278. The van der Waals surface area contributed by atoms with Crippen molar-refractivity contribution >= 4 is 34.7 Å². The second-order valence-corrected chi connectivity index (χ2v) is 11.0. The van der Waals surface area contributed by atoms with E-state index in [2.05, 4.69) is 25.6 Å². The molecule has 12 heteroatoms. The van der Waals surface area contributed by atoms with E-state index in [4.69, 9.17) is 9.97 Å². The number of fused-ring (bicyclic) bond motifs is 1. The molecular weight excluding hydrogens is 504 g/mol. The van der Waals surface area contributed by atoms with Crippen LogP contribution >= 0.6 is 11.8 Å². The van der Waals surface area contributed by atoms with Crippen LogP contribution in [0.4, 0.5) is 5.82 Å². The predicted molar refractivity (Wildman–Crippen MR) is 145 cm³/mol. The number of carbonyl (C=O) groups is 1. The van der Waals surface area contributed by atoms with E-state index in [0.717, 1.165) is 22.4 Å². The third kappa shape index (κ3) is 5.19. The number of hydrogen-bond donors (Lipinski definition) is 4. The van der Waals surface area contributed by atoms with Crippen molar-refractivity contribution in [3.05, 3.63) is 59.9 Å². The van der Waals surface area contributed by atoms with Gasteiger partial charge in [0.05, 0.1) is 18.6 Å². The highest BCUT2D eigenvalue weighted by Gasteiger charge is 2.47. The number of pyridine rings is 2. The molecule has 1 aliphatic rings. The second kappa shape index (κ2) is 10.6. The van der Waals surface area contributed by atoms with Crippen molar-refractivity contribution in [2.75, 3.05) is 5.32 Å². The zero-order valence-corrected chi connectivity index (χ0v) is 22.3. The van der Waals surface area contributed by atoms with Crippen LogP contribution in [0.25, 0.3) is 22.6 Å². The van der Waals surface area contributed by atoms with Crippen molar-refractivity contribution < 1.29 is 15.0 Å². The van der Waals surface area contributed by atoms with E-state index < -0.39 is 22.8 Å². The summed E-state index contributed by atoms with van der Waals surface area (Å²) in [5.41, 5.74) is 4.60. The Hall–Kier alpha value is -3.61. The number of anilines is 1. The van der Waals surface area contributed by atoms with Crippen LogP contribution in [0.2, 0.25) is 0 Å². The van der Waals surface area contributed by atoms with Gasteiger partial charge in [0.2, 0.25) is 5.91 Å². The molecule has 1 aliphatic heterocycles. The molecule has 5 rings (SSSR count). The molecule has 1 amide bonds. The van der Waals surface area contributed by atoms with Gasteiger partial charge in [-0.1, -0.05) is 0 Å². The largest absolute Gasteiger partial charge is 0.389 e. The summed E-state index contributed by atoms with van der Waals surface area (Å²) >= 11 is 1.18.